The zero-order valence-electron chi connectivity index (χ0n) is 12.3. The van der Waals surface area contributed by atoms with Gasteiger partial charge in [-0.15, -0.1) is 0 Å². The van der Waals surface area contributed by atoms with Gasteiger partial charge in [-0.3, -0.25) is 4.79 Å². The van der Waals surface area contributed by atoms with Gasteiger partial charge in [0.25, 0.3) is 5.91 Å². The lowest BCUT2D eigenvalue weighted by molar-refractivity contribution is -0.120. The molecule has 0 radical (unpaired) electrons. The van der Waals surface area contributed by atoms with Gasteiger partial charge in [-0.1, -0.05) is 0 Å². The first-order chi connectivity index (χ1) is 10.5. The summed E-state index contributed by atoms with van der Waals surface area (Å²) in [5.41, 5.74) is 5.85. The molecule has 2 rings (SSSR count). The molecular weight excluding hydrogens is 283 g/mol. The molecule has 0 unspecified atom stereocenters. The normalized spacial score (nSPS) is 10.6. The molecule has 5 nitrogen and oxygen atoms in total. The summed E-state index contributed by atoms with van der Waals surface area (Å²) in [5.74, 6) is -0.737. The van der Waals surface area contributed by atoms with Crippen molar-refractivity contribution in [2.75, 3.05) is 0 Å². The van der Waals surface area contributed by atoms with E-state index in [1.165, 1.54) is 18.3 Å². The number of carbonyl (C=O) groups excluding carboxylic acids is 1. The molecule has 0 atom stereocenters. The van der Waals surface area contributed by atoms with Gasteiger partial charge in [-0.25, -0.2) is 9.82 Å². The van der Waals surface area contributed by atoms with Crippen molar-refractivity contribution in [3.05, 3.63) is 53.1 Å². The Kier molecular flexibility index (Phi) is 4.69. The molecule has 0 aliphatic heterocycles. The van der Waals surface area contributed by atoms with Crippen LogP contribution in [-0.4, -0.2) is 16.7 Å². The van der Waals surface area contributed by atoms with Gasteiger partial charge in [0.2, 0.25) is 0 Å². The SMILES string of the molecule is Cc1cc(/C=N/NC(=O)CC#N)c(C)n1-c1ccc(F)cc1. The van der Waals surface area contributed by atoms with E-state index in [4.69, 9.17) is 5.26 Å². The second kappa shape index (κ2) is 6.68. The summed E-state index contributed by atoms with van der Waals surface area (Å²) in [6.07, 6.45) is 1.30. The highest BCUT2D eigenvalue weighted by Crippen LogP contribution is 2.19. The van der Waals surface area contributed by atoms with Crippen molar-refractivity contribution in [3.8, 4) is 11.8 Å². The predicted octanol–water partition coefficient (Wildman–Crippen LogP) is 2.60. The number of amides is 1. The Morgan fingerprint density at radius 1 is 1.41 bits per heavy atom. The summed E-state index contributed by atoms with van der Waals surface area (Å²) in [6, 6.07) is 9.87. The number of benzene rings is 1. The minimum atomic E-state index is -0.453. The number of hydrazone groups is 1. The summed E-state index contributed by atoms with van der Waals surface area (Å²) < 4.78 is 15.0. The van der Waals surface area contributed by atoms with E-state index in [1.807, 2.05) is 24.5 Å². The first kappa shape index (κ1) is 15.4. The molecule has 22 heavy (non-hydrogen) atoms. The van der Waals surface area contributed by atoms with Crippen molar-refractivity contribution >= 4 is 12.1 Å². The quantitative estimate of drug-likeness (QED) is 0.696. The fourth-order valence-corrected chi connectivity index (χ4v) is 2.19. The van der Waals surface area contributed by atoms with Gasteiger partial charge in [0.15, 0.2) is 0 Å². The second-order valence-electron chi connectivity index (χ2n) is 4.77. The van der Waals surface area contributed by atoms with Crippen molar-refractivity contribution in [1.82, 2.24) is 9.99 Å². The van der Waals surface area contributed by atoms with Gasteiger partial charge in [-0.05, 0) is 44.2 Å². The van der Waals surface area contributed by atoms with Crippen LogP contribution in [0.3, 0.4) is 0 Å². The summed E-state index contributed by atoms with van der Waals surface area (Å²) in [6.45, 7) is 3.84. The van der Waals surface area contributed by atoms with E-state index in [-0.39, 0.29) is 12.2 Å². The highest BCUT2D eigenvalue weighted by molar-refractivity contribution is 5.84. The number of hydrogen-bond donors (Lipinski definition) is 1. The molecule has 0 saturated carbocycles. The largest absolute Gasteiger partial charge is 0.318 e. The van der Waals surface area contributed by atoms with E-state index in [9.17, 15) is 9.18 Å². The molecule has 0 fully saturated rings. The summed E-state index contributed by atoms with van der Waals surface area (Å²) >= 11 is 0. The Labute approximate surface area is 127 Å². The molecule has 1 aromatic heterocycles. The number of hydrogen-bond acceptors (Lipinski definition) is 3. The first-order valence-corrected chi connectivity index (χ1v) is 6.66. The molecule has 1 N–H and O–H groups in total. The summed E-state index contributed by atoms with van der Waals surface area (Å²) in [4.78, 5) is 11.2. The van der Waals surface area contributed by atoms with E-state index in [0.717, 1.165) is 22.6 Å². The molecule has 112 valence electrons. The van der Waals surface area contributed by atoms with Gasteiger partial charge in [0.1, 0.15) is 12.2 Å². The number of carbonyl (C=O) groups is 1. The van der Waals surface area contributed by atoms with Gasteiger partial charge < -0.3 is 4.57 Å². The summed E-state index contributed by atoms with van der Waals surface area (Å²) in [7, 11) is 0. The standard InChI is InChI=1S/C16H15FN4O/c1-11-9-13(10-19-20-16(22)7-8-18)12(2)21(11)15-5-3-14(17)4-6-15/h3-6,9-10H,7H2,1-2H3,(H,20,22)/b19-10+. The number of aromatic nitrogens is 1. The first-order valence-electron chi connectivity index (χ1n) is 6.66. The highest BCUT2D eigenvalue weighted by atomic mass is 19.1. The zero-order chi connectivity index (χ0) is 16.1. The predicted molar refractivity (Wildman–Crippen MR) is 81.2 cm³/mol. The van der Waals surface area contributed by atoms with Crippen LogP contribution in [0.2, 0.25) is 0 Å². The molecule has 1 amide bonds. The minimum Gasteiger partial charge on any atom is -0.318 e. The minimum absolute atomic E-state index is 0.230. The average molecular weight is 298 g/mol. The van der Waals surface area contributed by atoms with Crippen LogP contribution in [0.1, 0.15) is 23.4 Å². The third kappa shape index (κ3) is 3.38. The van der Waals surface area contributed by atoms with Crippen molar-refractivity contribution in [1.29, 1.82) is 5.26 Å². The molecule has 6 heteroatoms. The number of rotatable bonds is 4. The number of halogens is 1. The Morgan fingerprint density at radius 3 is 2.73 bits per heavy atom. The van der Waals surface area contributed by atoms with Crippen molar-refractivity contribution in [2.24, 2.45) is 5.10 Å². The van der Waals surface area contributed by atoms with Gasteiger partial charge in [-0.2, -0.15) is 10.4 Å². The van der Waals surface area contributed by atoms with Crippen LogP contribution in [0, 0.1) is 31.0 Å². The molecule has 0 saturated heterocycles. The van der Waals surface area contributed by atoms with E-state index >= 15 is 0 Å². The van der Waals surface area contributed by atoms with Crippen LogP contribution in [0.15, 0.2) is 35.4 Å². The lowest BCUT2D eigenvalue weighted by Crippen LogP contribution is -2.16. The monoisotopic (exact) mass is 298 g/mol. The van der Waals surface area contributed by atoms with E-state index in [1.54, 1.807) is 18.2 Å². The third-order valence-corrected chi connectivity index (χ3v) is 3.19. The van der Waals surface area contributed by atoms with Crippen molar-refractivity contribution in [2.45, 2.75) is 20.3 Å². The Bertz CT molecular complexity index is 754. The average Bonchev–Trinajstić information content (AvgIpc) is 2.75. The lowest BCUT2D eigenvalue weighted by atomic mass is 10.2. The van der Waals surface area contributed by atoms with Gasteiger partial charge in [0, 0.05) is 22.6 Å². The van der Waals surface area contributed by atoms with Crippen LogP contribution >= 0.6 is 0 Å². The molecule has 0 aliphatic rings. The maximum absolute atomic E-state index is 13.0. The molecule has 1 heterocycles. The second-order valence-corrected chi connectivity index (χ2v) is 4.77. The third-order valence-electron chi connectivity index (χ3n) is 3.19. The molecular formula is C16H15FN4O. The lowest BCUT2D eigenvalue weighted by Gasteiger charge is -2.09. The maximum atomic E-state index is 13.0. The zero-order valence-corrected chi connectivity index (χ0v) is 12.3. The Morgan fingerprint density at radius 2 is 2.09 bits per heavy atom. The molecule has 0 aliphatic carbocycles. The number of nitrogens with zero attached hydrogens (tertiary/aromatic N) is 3. The Hall–Kier alpha value is -2.94. The van der Waals surface area contributed by atoms with Crippen LogP contribution in [-0.2, 0) is 4.79 Å². The van der Waals surface area contributed by atoms with Crippen molar-refractivity contribution in [3.63, 3.8) is 0 Å². The van der Waals surface area contributed by atoms with Crippen molar-refractivity contribution < 1.29 is 9.18 Å². The van der Waals surface area contributed by atoms with Gasteiger partial charge in [0.05, 0.1) is 12.3 Å². The topological polar surface area (TPSA) is 70.2 Å². The van der Waals surface area contributed by atoms with Crippen LogP contribution in [0.4, 0.5) is 4.39 Å². The number of aryl methyl sites for hydroxylation is 1. The highest BCUT2D eigenvalue weighted by Gasteiger charge is 2.09. The molecule has 0 bridgehead atoms. The molecule has 0 spiro atoms. The fourth-order valence-electron chi connectivity index (χ4n) is 2.19. The van der Waals surface area contributed by atoms with Gasteiger partial charge >= 0.3 is 0 Å². The number of nitrogens with one attached hydrogen (secondary N) is 1. The number of nitriles is 1. The summed E-state index contributed by atoms with van der Waals surface area (Å²) in [5, 5.41) is 12.2. The van der Waals surface area contributed by atoms with Crippen LogP contribution in [0.25, 0.3) is 5.69 Å². The Balaban J connectivity index is 2.24. The smallest absolute Gasteiger partial charge is 0.254 e. The van der Waals surface area contributed by atoms with E-state index < -0.39 is 5.91 Å². The van der Waals surface area contributed by atoms with Crippen LogP contribution in [0.5, 0.6) is 0 Å². The maximum Gasteiger partial charge on any atom is 0.254 e. The van der Waals surface area contributed by atoms with Crippen LogP contribution < -0.4 is 5.43 Å². The van der Waals surface area contributed by atoms with E-state index in [0.29, 0.717) is 0 Å². The van der Waals surface area contributed by atoms with E-state index in [2.05, 4.69) is 10.5 Å². The molecule has 2 aromatic rings. The fraction of sp³-hybridized carbons (Fsp3) is 0.188. The molecule has 1 aromatic carbocycles.